The number of amides is 1. The van der Waals surface area contributed by atoms with Gasteiger partial charge in [0.05, 0.1) is 5.69 Å². The number of aromatic nitrogens is 2. The number of carbonyl (C=O) groups excluding carboxylic acids is 1. The molecule has 1 aromatic heterocycles. The van der Waals surface area contributed by atoms with E-state index in [1.165, 1.54) is 31.5 Å². The third kappa shape index (κ3) is 5.16. The van der Waals surface area contributed by atoms with E-state index in [-0.39, 0.29) is 5.91 Å². The van der Waals surface area contributed by atoms with Crippen LogP contribution < -0.4 is 5.32 Å². The average molecular weight is 340 g/mol. The first-order valence-corrected chi connectivity index (χ1v) is 9.18. The summed E-state index contributed by atoms with van der Waals surface area (Å²) in [5.74, 6) is 0.0636. The lowest BCUT2D eigenvalue weighted by molar-refractivity contribution is -0.121. The number of carbonyl (C=O) groups is 1. The van der Waals surface area contributed by atoms with Gasteiger partial charge in [-0.2, -0.15) is 5.10 Å². The van der Waals surface area contributed by atoms with Crippen molar-refractivity contribution in [2.75, 3.05) is 13.1 Å². The van der Waals surface area contributed by atoms with Gasteiger partial charge >= 0.3 is 0 Å². The maximum Gasteiger partial charge on any atom is 0.222 e. The van der Waals surface area contributed by atoms with Crippen molar-refractivity contribution in [2.24, 2.45) is 0 Å². The van der Waals surface area contributed by atoms with Crippen LogP contribution in [0.15, 0.2) is 30.3 Å². The molecule has 1 aliphatic heterocycles. The van der Waals surface area contributed by atoms with Crippen molar-refractivity contribution >= 4 is 5.91 Å². The molecule has 0 unspecified atom stereocenters. The lowest BCUT2D eigenvalue weighted by Gasteiger charge is -2.14. The monoisotopic (exact) mass is 340 g/mol. The Hall–Kier alpha value is -2.14. The van der Waals surface area contributed by atoms with Gasteiger partial charge in [-0.1, -0.05) is 24.3 Å². The number of nitrogens with one attached hydrogen (secondary N) is 1. The molecule has 1 amide bonds. The summed E-state index contributed by atoms with van der Waals surface area (Å²) in [5.41, 5.74) is 4.58. The summed E-state index contributed by atoms with van der Waals surface area (Å²) < 4.78 is 1.89. The summed E-state index contributed by atoms with van der Waals surface area (Å²) in [6.45, 7) is 8.66. The molecule has 1 saturated heterocycles. The molecule has 1 N–H and O–H groups in total. The van der Waals surface area contributed by atoms with Crippen LogP contribution in [0.4, 0.5) is 0 Å². The Morgan fingerprint density at radius 3 is 2.44 bits per heavy atom. The Morgan fingerprint density at radius 2 is 1.80 bits per heavy atom. The topological polar surface area (TPSA) is 50.2 Å². The summed E-state index contributed by atoms with van der Waals surface area (Å²) >= 11 is 0. The van der Waals surface area contributed by atoms with Crippen molar-refractivity contribution < 1.29 is 4.79 Å². The number of benzene rings is 1. The van der Waals surface area contributed by atoms with E-state index < -0.39 is 0 Å². The van der Waals surface area contributed by atoms with Crippen molar-refractivity contribution in [1.82, 2.24) is 20.0 Å². The maximum absolute atomic E-state index is 12.0. The molecular weight excluding hydrogens is 312 g/mol. The molecule has 1 fully saturated rings. The number of nitrogens with zero attached hydrogens (tertiary/aromatic N) is 3. The molecule has 25 heavy (non-hydrogen) atoms. The Bertz CT molecular complexity index is 699. The molecule has 3 rings (SSSR count). The third-order valence-corrected chi connectivity index (χ3v) is 4.77. The van der Waals surface area contributed by atoms with E-state index in [9.17, 15) is 4.79 Å². The van der Waals surface area contributed by atoms with E-state index in [1.807, 2.05) is 24.6 Å². The zero-order valence-electron chi connectivity index (χ0n) is 15.3. The highest BCUT2D eigenvalue weighted by Gasteiger charge is 2.11. The fourth-order valence-corrected chi connectivity index (χ4v) is 3.36. The quantitative estimate of drug-likeness (QED) is 0.843. The largest absolute Gasteiger partial charge is 0.352 e. The Balaban J connectivity index is 1.41. The van der Waals surface area contributed by atoms with Crippen molar-refractivity contribution in [3.63, 3.8) is 0 Å². The summed E-state index contributed by atoms with van der Waals surface area (Å²) in [7, 11) is 0. The van der Waals surface area contributed by atoms with Gasteiger partial charge in [0.1, 0.15) is 0 Å². The van der Waals surface area contributed by atoms with E-state index in [0.717, 1.165) is 23.5 Å². The molecule has 0 saturated carbocycles. The lowest BCUT2D eigenvalue weighted by Crippen LogP contribution is -2.24. The van der Waals surface area contributed by atoms with Crippen molar-refractivity contribution in [3.8, 4) is 0 Å². The van der Waals surface area contributed by atoms with Crippen LogP contribution in [0.5, 0.6) is 0 Å². The predicted molar refractivity (Wildman–Crippen MR) is 99.1 cm³/mol. The first-order chi connectivity index (χ1) is 12.1. The van der Waals surface area contributed by atoms with Crippen LogP contribution in [-0.4, -0.2) is 33.7 Å². The van der Waals surface area contributed by atoms with Gasteiger partial charge in [-0.25, -0.2) is 0 Å². The Labute approximate surface area is 150 Å². The lowest BCUT2D eigenvalue weighted by atomic mass is 10.1. The van der Waals surface area contributed by atoms with Gasteiger partial charge < -0.3 is 5.32 Å². The minimum absolute atomic E-state index is 0.0636. The zero-order valence-corrected chi connectivity index (χ0v) is 15.3. The van der Waals surface area contributed by atoms with Crippen LogP contribution in [0.2, 0.25) is 0 Å². The molecule has 5 heteroatoms. The highest BCUT2D eigenvalue weighted by atomic mass is 16.1. The SMILES string of the molecule is Cc1cc(C)n(CCC(=O)NCc2ccc(CN3CCCC3)cc2)n1. The second kappa shape index (κ2) is 8.30. The number of hydrogen-bond donors (Lipinski definition) is 1. The van der Waals surface area contributed by atoms with E-state index >= 15 is 0 Å². The number of likely N-dealkylation sites (tertiary alicyclic amines) is 1. The van der Waals surface area contributed by atoms with Crippen LogP contribution in [0.25, 0.3) is 0 Å². The number of hydrogen-bond acceptors (Lipinski definition) is 3. The number of rotatable bonds is 7. The zero-order chi connectivity index (χ0) is 17.6. The van der Waals surface area contributed by atoms with Crippen molar-refractivity contribution in [2.45, 2.75) is 52.7 Å². The van der Waals surface area contributed by atoms with Crippen molar-refractivity contribution in [1.29, 1.82) is 0 Å². The van der Waals surface area contributed by atoms with Gasteiger partial charge in [0, 0.05) is 31.7 Å². The molecule has 0 radical (unpaired) electrons. The van der Waals surface area contributed by atoms with Gasteiger partial charge in [-0.3, -0.25) is 14.4 Å². The van der Waals surface area contributed by atoms with E-state index in [1.54, 1.807) is 0 Å². The first-order valence-electron chi connectivity index (χ1n) is 9.18. The minimum Gasteiger partial charge on any atom is -0.352 e. The summed E-state index contributed by atoms with van der Waals surface area (Å²) in [6.07, 6.45) is 3.10. The fourth-order valence-electron chi connectivity index (χ4n) is 3.36. The van der Waals surface area contributed by atoms with E-state index in [4.69, 9.17) is 0 Å². The highest BCUT2D eigenvalue weighted by Crippen LogP contribution is 2.13. The molecule has 1 aliphatic rings. The standard InChI is InChI=1S/C20H28N4O/c1-16-13-17(2)24(22-16)12-9-20(25)21-14-18-5-7-19(8-6-18)15-23-10-3-4-11-23/h5-8,13H,3-4,9-12,14-15H2,1-2H3,(H,21,25). The molecule has 0 atom stereocenters. The van der Waals surface area contributed by atoms with E-state index in [2.05, 4.69) is 39.6 Å². The van der Waals surface area contributed by atoms with Gasteiger partial charge in [0.25, 0.3) is 0 Å². The van der Waals surface area contributed by atoms with Crippen LogP contribution in [0, 0.1) is 13.8 Å². The summed E-state index contributed by atoms with van der Waals surface area (Å²) in [6, 6.07) is 10.6. The molecule has 1 aromatic carbocycles. The second-order valence-corrected chi connectivity index (χ2v) is 6.98. The average Bonchev–Trinajstić information content (AvgIpc) is 3.21. The molecule has 0 spiro atoms. The van der Waals surface area contributed by atoms with Crippen LogP contribution in [-0.2, 0) is 24.4 Å². The van der Waals surface area contributed by atoms with Gasteiger partial charge in [-0.05, 0) is 57.0 Å². The van der Waals surface area contributed by atoms with Gasteiger partial charge in [-0.15, -0.1) is 0 Å². The molecule has 0 bridgehead atoms. The van der Waals surface area contributed by atoms with Crippen LogP contribution in [0.1, 0.15) is 41.8 Å². The number of aryl methyl sites for hydroxylation is 3. The third-order valence-electron chi connectivity index (χ3n) is 4.77. The summed E-state index contributed by atoms with van der Waals surface area (Å²) in [4.78, 5) is 14.5. The minimum atomic E-state index is 0.0636. The van der Waals surface area contributed by atoms with Gasteiger partial charge in [0.15, 0.2) is 0 Å². The van der Waals surface area contributed by atoms with Crippen molar-refractivity contribution in [3.05, 3.63) is 52.8 Å². The normalized spacial score (nSPS) is 14.8. The molecular formula is C20H28N4O. The van der Waals surface area contributed by atoms with Crippen LogP contribution >= 0.6 is 0 Å². The molecule has 0 aliphatic carbocycles. The smallest absolute Gasteiger partial charge is 0.222 e. The van der Waals surface area contributed by atoms with E-state index in [0.29, 0.717) is 19.5 Å². The Kier molecular flexibility index (Phi) is 5.87. The Morgan fingerprint density at radius 1 is 1.12 bits per heavy atom. The fraction of sp³-hybridized carbons (Fsp3) is 0.500. The second-order valence-electron chi connectivity index (χ2n) is 6.98. The predicted octanol–water partition coefficient (Wildman–Crippen LogP) is 2.80. The maximum atomic E-state index is 12.0. The highest BCUT2D eigenvalue weighted by molar-refractivity contribution is 5.75. The molecule has 5 nitrogen and oxygen atoms in total. The molecule has 2 aromatic rings. The van der Waals surface area contributed by atoms with Crippen LogP contribution in [0.3, 0.4) is 0 Å². The molecule has 134 valence electrons. The first kappa shape index (κ1) is 17.7. The molecule has 2 heterocycles. The van der Waals surface area contributed by atoms with Gasteiger partial charge in [0.2, 0.25) is 5.91 Å². The summed E-state index contributed by atoms with van der Waals surface area (Å²) in [5, 5.41) is 7.38.